The van der Waals surface area contributed by atoms with E-state index in [1.165, 1.54) is 56.8 Å². The summed E-state index contributed by atoms with van der Waals surface area (Å²) in [6.07, 6.45) is 8.23. The number of rotatable bonds is 5. The Hall–Kier alpha value is -2.67. The number of unbranched alkanes of at least 4 members (excludes halogenated alkanes) is 1. The number of nitrogens with zero attached hydrogens (tertiary/aromatic N) is 1. The lowest BCUT2D eigenvalue weighted by molar-refractivity contribution is -0.764. The third-order valence-electron chi connectivity index (χ3n) is 8.73. The summed E-state index contributed by atoms with van der Waals surface area (Å²) in [4.78, 5) is 0. The smallest absolute Gasteiger partial charge is 0.192 e. The zero-order valence-corrected chi connectivity index (χ0v) is 20.3. The van der Waals surface area contributed by atoms with Gasteiger partial charge in [0.05, 0.1) is 16.4 Å². The summed E-state index contributed by atoms with van der Waals surface area (Å²) in [6, 6.07) is 23.1. The fraction of sp³-hybridized carbons (Fsp3) is 0.387. The van der Waals surface area contributed by atoms with Crippen LogP contribution < -0.4 is 4.57 Å². The van der Waals surface area contributed by atoms with Gasteiger partial charge in [-0.25, -0.2) is 0 Å². The van der Waals surface area contributed by atoms with Crippen LogP contribution in [-0.4, -0.2) is 0 Å². The molecule has 0 N–H and O–H groups in total. The largest absolute Gasteiger partial charge is 0.221 e. The van der Waals surface area contributed by atoms with Crippen LogP contribution in [0.2, 0.25) is 0 Å². The second-order valence-electron chi connectivity index (χ2n) is 10.1. The van der Waals surface area contributed by atoms with Gasteiger partial charge in [0.2, 0.25) is 5.69 Å². The predicted molar refractivity (Wildman–Crippen MR) is 137 cm³/mol. The number of aromatic nitrogens is 1. The Morgan fingerprint density at radius 3 is 2.22 bits per heavy atom. The minimum atomic E-state index is 0.0140. The van der Waals surface area contributed by atoms with E-state index in [2.05, 4.69) is 106 Å². The van der Waals surface area contributed by atoms with Gasteiger partial charge in [0.25, 0.3) is 0 Å². The fourth-order valence-electron chi connectivity index (χ4n) is 6.22. The van der Waals surface area contributed by atoms with Gasteiger partial charge in [-0.15, -0.1) is 0 Å². The highest BCUT2D eigenvalue weighted by atomic mass is 15.1. The quantitative estimate of drug-likeness (QED) is 0.286. The van der Waals surface area contributed by atoms with Gasteiger partial charge in [-0.3, -0.25) is 0 Å². The first-order valence-electron chi connectivity index (χ1n) is 12.5. The molecule has 0 saturated carbocycles. The topological polar surface area (TPSA) is 3.88 Å². The average Bonchev–Trinajstić information content (AvgIpc) is 2.84. The zero-order valence-electron chi connectivity index (χ0n) is 20.3. The maximum atomic E-state index is 2.62. The van der Waals surface area contributed by atoms with Crippen molar-refractivity contribution in [3.05, 3.63) is 78.0 Å². The fourth-order valence-corrected chi connectivity index (χ4v) is 6.22. The van der Waals surface area contributed by atoms with E-state index in [1.54, 1.807) is 0 Å². The van der Waals surface area contributed by atoms with Crippen molar-refractivity contribution in [3.8, 4) is 11.3 Å². The summed E-state index contributed by atoms with van der Waals surface area (Å²) >= 11 is 0. The summed E-state index contributed by atoms with van der Waals surface area (Å²) in [6.45, 7) is 12.0. The predicted octanol–water partition coefficient (Wildman–Crippen LogP) is 8.10. The Labute approximate surface area is 193 Å². The molecule has 1 nitrogen and oxygen atoms in total. The number of hydrogen-bond donors (Lipinski definition) is 0. The van der Waals surface area contributed by atoms with Crippen molar-refractivity contribution in [2.75, 3.05) is 0 Å². The maximum absolute atomic E-state index is 2.62. The first kappa shape index (κ1) is 21.2. The van der Waals surface area contributed by atoms with E-state index in [-0.39, 0.29) is 11.0 Å². The minimum Gasteiger partial charge on any atom is -0.192 e. The molecule has 0 fully saturated rings. The normalized spacial score (nSPS) is 22.2. The van der Waals surface area contributed by atoms with E-state index < -0.39 is 0 Å². The summed E-state index contributed by atoms with van der Waals surface area (Å²) in [5.74, 6) is 0. The van der Waals surface area contributed by atoms with Crippen LogP contribution in [0.1, 0.15) is 71.4 Å². The molecule has 0 aliphatic carbocycles. The Morgan fingerprint density at radius 2 is 1.53 bits per heavy atom. The lowest BCUT2D eigenvalue weighted by atomic mass is 9.60. The molecule has 1 heteroatoms. The van der Waals surface area contributed by atoms with Crippen LogP contribution in [0.5, 0.6) is 0 Å². The van der Waals surface area contributed by atoms with Gasteiger partial charge < -0.3 is 0 Å². The molecule has 2 heterocycles. The van der Waals surface area contributed by atoms with Crippen LogP contribution in [0.25, 0.3) is 32.8 Å². The number of benzene rings is 3. The zero-order chi connectivity index (χ0) is 22.5. The molecular formula is C31H36N+. The van der Waals surface area contributed by atoms with Crippen molar-refractivity contribution in [1.82, 2.24) is 0 Å². The van der Waals surface area contributed by atoms with Crippen LogP contribution in [0, 0.1) is 0 Å². The van der Waals surface area contributed by atoms with Crippen LogP contribution in [0.3, 0.4) is 0 Å². The summed E-state index contributed by atoms with van der Waals surface area (Å²) < 4.78 is 2.62. The SMILES string of the molecule is CCCCc1cccc2c3[n+](ccc12)C(C)(CC)C(C)(CC)c1cc2ccccc2cc1-3. The Morgan fingerprint density at radius 1 is 0.781 bits per heavy atom. The lowest BCUT2D eigenvalue weighted by Gasteiger charge is -2.46. The van der Waals surface area contributed by atoms with Crippen LogP contribution >= 0.6 is 0 Å². The molecule has 4 aromatic rings. The molecule has 2 atom stereocenters. The van der Waals surface area contributed by atoms with E-state index in [4.69, 9.17) is 0 Å². The van der Waals surface area contributed by atoms with E-state index in [0.717, 1.165) is 19.3 Å². The molecular weight excluding hydrogens is 386 g/mol. The van der Waals surface area contributed by atoms with Crippen LogP contribution in [0.15, 0.2) is 66.9 Å². The molecule has 0 bridgehead atoms. The van der Waals surface area contributed by atoms with Gasteiger partial charge in [0.1, 0.15) is 0 Å². The number of hydrogen-bond acceptors (Lipinski definition) is 0. The first-order valence-corrected chi connectivity index (χ1v) is 12.5. The minimum absolute atomic E-state index is 0.0140. The van der Waals surface area contributed by atoms with Crippen molar-refractivity contribution in [2.24, 2.45) is 0 Å². The van der Waals surface area contributed by atoms with Crippen molar-refractivity contribution >= 4 is 21.5 Å². The molecule has 164 valence electrons. The highest BCUT2D eigenvalue weighted by Crippen LogP contribution is 2.51. The van der Waals surface area contributed by atoms with Gasteiger partial charge in [-0.05, 0) is 71.7 Å². The third kappa shape index (κ3) is 2.80. The van der Waals surface area contributed by atoms with E-state index in [0.29, 0.717) is 0 Å². The summed E-state index contributed by atoms with van der Waals surface area (Å²) in [5, 5.41) is 5.50. The maximum Gasteiger partial charge on any atom is 0.221 e. The standard InChI is InChI=1S/C31H36N/c1-6-9-13-22-16-12-17-26-25(22)18-19-32-29(26)27-20-23-14-10-11-15-24(23)21-28(27)30(4,7-2)31(32,5)8-3/h10-12,14-21H,6-9,13H2,1-5H3/q+1. The van der Waals surface area contributed by atoms with Gasteiger partial charge in [-0.2, -0.15) is 4.57 Å². The molecule has 0 spiro atoms. The van der Waals surface area contributed by atoms with Gasteiger partial charge >= 0.3 is 0 Å². The number of aryl methyl sites for hydroxylation is 1. The molecule has 5 rings (SSSR count). The molecule has 1 aliphatic rings. The Bertz CT molecular complexity index is 1320. The second-order valence-corrected chi connectivity index (χ2v) is 10.1. The van der Waals surface area contributed by atoms with Crippen molar-refractivity contribution in [3.63, 3.8) is 0 Å². The van der Waals surface area contributed by atoms with E-state index in [1.807, 2.05) is 0 Å². The molecule has 1 aliphatic heterocycles. The first-order chi connectivity index (χ1) is 15.5. The molecule has 2 unspecified atom stereocenters. The summed E-state index contributed by atoms with van der Waals surface area (Å²) in [7, 11) is 0. The lowest BCUT2D eigenvalue weighted by Crippen LogP contribution is -2.67. The molecule has 32 heavy (non-hydrogen) atoms. The van der Waals surface area contributed by atoms with E-state index >= 15 is 0 Å². The monoisotopic (exact) mass is 422 g/mol. The van der Waals surface area contributed by atoms with Gasteiger partial charge in [0.15, 0.2) is 11.7 Å². The van der Waals surface area contributed by atoms with Crippen molar-refractivity contribution < 1.29 is 4.57 Å². The molecule has 3 aromatic carbocycles. The van der Waals surface area contributed by atoms with Crippen molar-refractivity contribution in [1.29, 1.82) is 0 Å². The van der Waals surface area contributed by atoms with Crippen molar-refractivity contribution in [2.45, 2.75) is 77.7 Å². The van der Waals surface area contributed by atoms with Crippen LogP contribution in [-0.2, 0) is 17.4 Å². The molecule has 0 radical (unpaired) electrons. The van der Waals surface area contributed by atoms with Gasteiger partial charge in [0, 0.05) is 19.4 Å². The Balaban J connectivity index is 1.92. The molecule has 0 amide bonds. The second kappa shape index (κ2) is 7.73. The molecule has 1 aromatic heterocycles. The summed E-state index contributed by atoms with van der Waals surface area (Å²) in [5.41, 5.74) is 5.88. The van der Waals surface area contributed by atoms with E-state index in [9.17, 15) is 0 Å². The van der Waals surface area contributed by atoms with Gasteiger partial charge in [-0.1, -0.05) is 63.6 Å². The highest BCUT2D eigenvalue weighted by Gasteiger charge is 2.56. The highest BCUT2D eigenvalue weighted by molar-refractivity contribution is 5.99. The van der Waals surface area contributed by atoms with Crippen LogP contribution in [0.4, 0.5) is 0 Å². The third-order valence-corrected chi connectivity index (χ3v) is 8.73. The Kier molecular flexibility index (Phi) is 5.12. The number of fused-ring (bicyclic) bond motifs is 6. The number of pyridine rings is 1. The average molecular weight is 423 g/mol. The molecule has 0 saturated heterocycles.